The lowest BCUT2D eigenvalue weighted by molar-refractivity contribution is 0.498. The minimum Gasteiger partial charge on any atom is -0.468 e. The van der Waals surface area contributed by atoms with Crippen molar-refractivity contribution in [3.8, 4) is 0 Å². The number of hydrogen-bond acceptors (Lipinski definition) is 3. The van der Waals surface area contributed by atoms with Gasteiger partial charge in [-0.05, 0) is 29.8 Å². The maximum Gasteiger partial charge on any atom is 0.216 e. The molecule has 1 aromatic heterocycles. The fourth-order valence-electron chi connectivity index (χ4n) is 1.45. The van der Waals surface area contributed by atoms with Gasteiger partial charge in [-0.3, -0.25) is 0 Å². The maximum atomic E-state index is 11.8. The van der Waals surface area contributed by atoms with Crippen LogP contribution in [0.25, 0.3) is 0 Å². The first-order valence-electron chi connectivity index (χ1n) is 5.29. The van der Waals surface area contributed by atoms with Crippen LogP contribution in [0.2, 0.25) is 5.02 Å². The summed E-state index contributed by atoms with van der Waals surface area (Å²) >= 11 is 5.73. The molecule has 2 rings (SSSR count). The second-order valence-corrected chi connectivity index (χ2v) is 6.03. The van der Waals surface area contributed by atoms with Crippen molar-refractivity contribution in [1.29, 1.82) is 0 Å². The van der Waals surface area contributed by atoms with Gasteiger partial charge in [0, 0.05) is 5.02 Å². The fourth-order valence-corrected chi connectivity index (χ4v) is 2.67. The van der Waals surface area contributed by atoms with Crippen molar-refractivity contribution in [2.45, 2.75) is 12.3 Å². The third kappa shape index (κ3) is 3.87. The highest BCUT2D eigenvalue weighted by atomic mass is 35.5. The first kappa shape index (κ1) is 13.1. The Labute approximate surface area is 111 Å². The van der Waals surface area contributed by atoms with Crippen molar-refractivity contribution >= 4 is 21.6 Å². The molecule has 1 aromatic carbocycles. The molecule has 0 unspecified atom stereocenters. The monoisotopic (exact) mass is 285 g/mol. The molecule has 0 fully saturated rings. The van der Waals surface area contributed by atoms with E-state index >= 15 is 0 Å². The van der Waals surface area contributed by atoms with Gasteiger partial charge in [0.15, 0.2) is 0 Å². The van der Waals surface area contributed by atoms with Gasteiger partial charge < -0.3 is 4.42 Å². The minimum atomic E-state index is -3.38. The van der Waals surface area contributed by atoms with E-state index in [4.69, 9.17) is 16.0 Å². The van der Waals surface area contributed by atoms with Crippen LogP contribution in [0, 0.1) is 0 Å². The largest absolute Gasteiger partial charge is 0.468 e. The Balaban J connectivity index is 1.97. The van der Waals surface area contributed by atoms with E-state index in [1.54, 1.807) is 36.4 Å². The van der Waals surface area contributed by atoms with Crippen molar-refractivity contribution in [3.63, 3.8) is 0 Å². The van der Waals surface area contributed by atoms with Crippen molar-refractivity contribution in [2.75, 3.05) is 0 Å². The molecule has 0 saturated heterocycles. The van der Waals surface area contributed by atoms with E-state index in [1.807, 2.05) is 0 Å². The van der Waals surface area contributed by atoms with E-state index in [1.165, 1.54) is 6.26 Å². The molecule has 0 aliphatic carbocycles. The lowest BCUT2D eigenvalue weighted by Crippen LogP contribution is -2.24. The molecule has 2 aromatic rings. The molecule has 96 valence electrons. The first-order chi connectivity index (χ1) is 8.55. The summed E-state index contributed by atoms with van der Waals surface area (Å²) in [6, 6.07) is 10.1. The summed E-state index contributed by atoms with van der Waals surface area (Å²) < 4.78 is 31.1. The van der Waals surface area contributed by atoms with Gasteiger partial charge >= 0.3 is 0 Å². The predicted octanol–water partition coefficient (Wildman–Crippen LogP) is 2.55. The molecule has 0 aliphatic rings. The molecule has 4 nitrogen and oxygen atoms in total. The minimum absolute atomic E-state index is 0.0785. The maximum absolute atomic E-state index is 11.8. The Morgan fingerprint density at radius 1 is 1.17 bits per heavy atom. The molecule has 1 heterocycles. The number of nitrogens with one attached hydrogen (secondary N) is 1. The summed E-state index contributed by atoms with van der Waals surface area (Å²) in [5.41, 5.74) is 0.686. The van der Waals surface area contributed by atoms with Gasteiger partial charge in [0.25, 0.3) is 0 Å². The van der Waals surface area contributed by atoms with E-state index in [2.05, 4.69) is 4.72 Å². The Kier molecular flexibility index (Phi) is 4.06. The van der Waals surface area contributed by atoms with Gasteiger partial charge in [-0.15, -0.1) is 0 Å². The van der Waals surface area contributed by atoms with Crippen LogP contribution in [-0.4, -0.2) is 8.42 Å². The Morgan fingerprint density at radius 2 is 1.89 bits per heavy atom. The van der Waals surface area contributed by atoms with E-state index in [9.17, 15) is 8.42 Å². The summed E-state index contributed by atoms with van der Waals surface area (Å²) in [5.74, 6) is 0.500. The van der Waals surface area contributed by atoms with Gasteiger partial charge in [-0.2, -0.15) is 0 Å². The van der Waals surface area contributed by atoms with Crippen LogP contribution in [0.1, 0.15) is 11.3 Å². The zero-order valence-electron chi connectivity index (χ0n) is 9.47. The zero-order chi connectivity index (χ0) is 13.0. The SMILES string of the molecule is O=S(=O)(Cc1ccc(Cl)cc1)NCc1ccco1. The van der Waals surface area contributed by atoms with E-state index in [0.717, 1.165) is 0 Å². The van der Waals surface area contributed by atoms with Crippen molar-refractivity contribution in [1.82, 2.24) is 4.72 Å². The summed E-state index contributed by atoms with van der Waals surface area (Å²) in [7, 11) is -3.38. The number of benzene rings is 1. The second-order valence-electron chi connectivity index (χ2n) is 3.79. The summed E-state index contributed by atoms with van der Waals surface area (Å²) in [6.07, 6.45) is 1.50. The predicted molar refractivity (Wildman–Crippen MR) is 69.6 cm³/mol. The van der Waals surface area contributed by atoms with Crippen LogP contribution in [-0.2, 0) is 22.3 Å². The number of halogens is 1. The molecule has 0 atom stereocenters. The smallest absolute Gasteiger partial charge is 0.216 e. The third-order valence-electron chi connectivity index (χ3n) is 2.32. The molecule has 0 radical (unpaired) electrons. The Bertz CT molecular complexity index is 591. The second kappa shape index (κ2) is 5.56. The molecule has 0 bridgehead atoms. The van der Waals surface area contributed by atoms with Crippen LogP contribution >= 0.6 is 11.6 Å². The highest BCUT2D eigenvalue weighted by Crippen LogP contribution is 2.12. The highest BCUT2D eigenvalue weighted by Gasteiger charge is 2.11. The molecule has 0 saturated carbocycles. The van der Waals surface area contributed by atoms with Crippen LogP contribution in [0.5, 0.6) is 0 Å². The number of rotatable bonds is 5. The van der Waals surface area contributed by atoms with Crippen molar-refractivity contribution in [3.05, 3.63) is 59.0 Å². The number of hydrogen-bond donors (Lipinski definition) is 1. The number of furan rings is 1. The standard InChI is InChI=1S/C12H12ClNO3S/c13-11-5-3-10(4-6-11)9-18(15,16)14-8-12-2-1-7-17-12/h1-7,14H,8-9H2. The summed E-state index contributed by atoms with van der Waals surface area (Å²) in [5, 5.41) is 0.583. The van der Waals surface area contributed by atoms with Crippen LogP contribution in [0.3, 0.4) is 0 Å². The lowest BCUT2D eigenvalue weighted by Gasteiger charge is -2.05. The van der Waals surface area contributed by atoms with Crippen LogP contribution in [0.4, 0.5) is 0 Å². The third-order valence-corrected chi connectivity index (χ3v) is 3.87. The van der Waals surface area contributed by atoms with Crippen LogP contribution < -0.4 is 4.72 Å². The van der Waals surface area contributed by atoms with Gasteiger partial charge in [0.1, 0.15) is 5.76 Å². The fraction of sp³-hybridized carbons (Fsp3) is 0.167. The molecule has 1 N–H and O–H groups in total. The average molecular weight is 286 g/mol. The molecule has 18 heavy (non-hydrogen) atoms. The van der Waals surface area contributed by atoms with Crippen molar-refractivity contribution in [2.24, 2.45) is 0 Å². The zero-order valence-corrected chi connectivity index (χ0v) is 11.0. The Morgan fingerprint density at radius 3 is 2.50 bits per heavy atom. The molecule has 0 spiro atoms. The van der Waals surface area contributed by atoms with Crippen molar-refractivity contribution < 1.29 is 12.8 Å². The highest BCUT2D eigenvalue weighted by molar-refractivity contribution is 7.88. The van der Waals surface area contributed by atoms with Gasteiger partial charge in [0.05, 0.1) is 18.6 Å². The van der Waals surface area contributed by atoms with Gasteiger partial charge in [-0.25, -0.2) is 13.1 Å². The van der Waals surface area contributed by atoms with Crippen LogP contribution in [0.15, 0.2) is 47.1 Å². The topological polar surface area (TPSA) is 59.3 Å². The molecule has 6 heteroatoms. The molecular formula is C12H12ClNO3S. The van der Waals surface area contributed by atoms with E-state index < -0.39 is 10.0 Å². The quantitative estimate of drug-likeness (QED) is 0.918. The average Bonchev–Trinajstić information content (AvgIpc) is 2.83. The van der Waals surface area contributed by atoms with E-state index in [-0.39, 0.29) is 12.3 Å². The van der Waals surface area contributed by atoms with Gasteiger partial charge in [-0.1, -0.05) is 23.7 Å². The molecule has 0 amide bonds. The number of sulfonamides is 1. The lowest BCUT2D eigenvalue weighted by atomic mass is 10.2. The van der Waals surface area contributed by atoms with E-state index in [0.29, 0.717) is 16.3 Å². The molecular weight excluding hydrogens is 274 g/mol. The summed E-state index contributed by atoms with van der Waals surface area (Å²) in [6.45, 7) is 0.156. The Hall–Kier alpha value is -1.30. The summed E-state index contributed by atoms with van der Waals surface area (Å²) in [4.78, 5) is 0. The van der Waals surface area contributed by atoms with Gasteiger partial charge in [0.2, 0.25) is 10.0 Å². The first-order valence-corrected chi connectivity index (χ1v) is 7.32. The molecule has 0 aliphatic heterocycles. The normalized spacial score (nSPS) is 11.6.